The van der Waals surface area contributed by atoms with Crippen molar-refractivity contribution in [3.63, 3.8) is 0 Å². The minimum Gasteiger partial charge on any atom is -0.497 e. The van der Waals surface area contributed by atoms with Gasteiger partial charge in [-0.1, -0.05) is 12.1 Å². The lowest BCUT2D eigenvalue weighted by molar-refractivity contribution is -0.111. The van der Waals surface area contributed by atoms with Crippen molar-refractivity contribution in [3.8, 4) is 22.8 Å². The number of amides is 1. The summed E-state index contributed by atoms with van der Waals surface area (Å²) in [5.74, 6) is 1.16. The van der Waals surface area contributed by atoms with Crippen LogP contribution in [0.3, 0.4) is 0 Å². The van der Waals surface area contributed by atoms with Crippen LogP contribution >= 0.6 is 11.3 Å². The first-order valence-electron chi connectivity index (χ1n) is 8.94. The number of hydrogen-bond acceptors (Lipinski definition) is 6. The Balaban J connectivity index is 1.69. The smallest absolute Gasteiger partial charge is 0.250 e. The van der Waals surface area contributed by atoms with E-state index in [9.17, 15) is 4.79 Å². The number of carbonyl (C=O) groups excluding carboxylic acids is 1. The van der Waals surface area contributed by atoms with Gasteiger partial charge in [-0.05, 0) is 42.0 Å². The zero-order valence-electron chi connectivity index (χ0n) is 16.8. The molecule has 3 rings (SSSR count). The number of hydrogen-bond donors (Lipinski definition) is 1. The fourth-order valence-electron chi connectivity index (χ4n) is 2.67. The van der Waals surface area contributed by atoms with Gasteiger partial charge in [-0.2, -0.15) is 0 Å². The van der Waals surface area contributed by atoms with E-state index in [0.717, 1.165) is 16.8 Å². The molecule has 0 unspecified atom stereocenters. The van der Waals surface area contributed by atoms with Gasteiger partial charge in [0.15, 0.2) is 5.13 Å². The lowest BCUT2D eigenvalue weighted by Gasteiger charge is -2.11. The van der Waals surface area contributed by atoms with E-state index in [4.69, 9.17) is 9.47 Å². The topological polar surface area (TPSA) is 63.7 Å². The van der Waals surface area contributed by atoms with Crippen LogP contribution < -0.4 is 19.7 Å². The van der Waals surface area contributed by atoms with E-state index >= 15 is 0 Å². The van der Waals surface area contributed by atoms with Gasteiger partial charge >= 0.3 is 0 Å². The van der Waals surface area contributed by atoms with Crippen molar-refractivity contribution < 1.29 is 14.3 Å². The van der Waals surface area contributed by atoms with Crippen molar-refractivity contribution in [2.45, 2.75) is 0 Å². The van der Waals surface area contributed by atoms with Crippen LogP contribution in [0.5, 0.6) is 11.5 Å². The van der Waals surface area contributed by atoms with Gasteiger partial charge < -0.3 is 14.4 Å². The summed E-state index contributed by atoms with van der Waals surface area (Å²) in [6, 6.07) is 13.5. The molecule has 1 N–H and O–H groups in total. The van der Waals surface area contributed by atoms with Crippen LogP contribution in [0, 0.1) is 0 Å². The van der Waals surface area contributed by atoms with Crippen molar-refractivity contribution in [2.75, 3.05) is 38.5 Å². The monoisotopic (exact) mass is 409 g/mol. The van der Waals surface area contributed by atoms with E-state index in [-0.39, 0.29) is 5.91 Å². The fraction of sp³-hybridized carbons (Fsp3) is 0.182. The van der Waals surface area contributed by atoms with Crippen molar-refractivity contribution in [2.24, 2.45) is 0 Å². The number of thiazole rings is 1. The lowest BCUT2D eigenvalue weighted by atomic mass is 10.1. The molecule has 0 spiro atoms. The second-order valence-corrected chi connectivity index (χ2v) is 7.27. The summed E-state index contributed by atoms with van der Waals surface area (Å²) in [6.07, 6.45) is 3.27. The first-order chi connectivity index (χ1) is 14.0. The van der Waals surface area contributed by atoms with Gasteiger partial charge in [0.25, 0.3) is 0 Å². The Kier molecular flexibility index (Phi) is 6.51. The SMILES string of the molecule is COc1ccc(OC)c(-c2csc(NC(=O)/C=C/c3ccc(N(C)C)cc3)n2)c1. The second-order valence-electron chi connectivity index (χ2n) is 6.41. The molecule has 7 heteroatoms. The number of anilines is 2. The number of nitrogens with one attached hydrogen (secondary N) is 1. The van der Waals surface area contributed by atoms with Crippen LogP contribution in [-0.4, -0.2) is 39.2 Å². The second kappa shape index (κ2) is 9.25. The minimum absolute atomic E-state index is 0.236. The van der Waals surface area contributed by atoms with Crippen LogP contribution in [0.4, 0.5) is 10.8 Å². The Bertz CT molecular complexity index is 1010. The zero-order chi connectivity index (χ0) is 20.8. The van der Waals surface area contributed by atoms with Gasteiger partial charge in [-0.15, -0.1) is 11.3 Å². The molecule has 0 aliphatic carbocycles. The molecule has 2 aromatic carbocycles. The molecule has 0 aliphatic rings. The molecule has 0 saturated carbocycles. The predicted molar refractivity (Wildman–Crippen MR) is 119 cm³/mol. The van der Waals surface area contributed by atoms with E-state index in [2.05, 4.69) is 10.3 Å². The molecule has 0 saturated heterocycles. The maximum atomic E-state index is 12.2. The van der Waals surface area contributed by atoms with Crippen LogP contribution in [0.2, 0.25) is 0 Å². The quantitative estimate of drug-likeness (QED) is 0.580. The number of nitrogens with zero attached hydrogens (tertiary/aromatic N) is 2. The van der Waals surface area contributed by atoms with Crippen LogP contribution in [0.15, 0.2) is 53.9 Å². The first-order valence-corrected chi connectivity index (χ1v) is 9.82. The fourth-order valence-corrected chi connectivity index (χ4v) is 3.39. The predicted octanol–water partition coefficient (Wildman–Crippen LogP) is 4.55. The van der Waals surface area contributed by atoms with E-state index < -0.39 is 0 Å². The standard InChI is InChI=1S/C22H23N3O3S/c1-25(2)16-8-5-15(6-9-16)7-12-21(26)24-22-23-19(14-29-22)18-13-17(27-3)10-11-20(18)28-4/h5-14H,1-4H3,(H,23,24,26)/b12-7+. The van der Waals surface area contributed by atoms with Gasteiger partial charge in [0, 0.05) is 36.8 Å². The van der Waals surface area contributed by atoms with E-state index in [1.165, 1.54) is 17.4 Å². The molecular weight excluding hydrogens is 386 g/mol. The van der Waals surface area contributed by atoms with Crippen LogP contribution in [0.1, 0.15) is 5.56 Å². The Morgan fingerprint density at radius 3 is 2.52 bits per heavy atom. The molecule has 0 aliphatic heterocycles. The molecule has 1 amide bonds. The third-order valence-corrected chi connectivity index (χ3v) is 5.01. The highest BCUT2D eigenvalue weighted by Crippen LogP contribution is 2.35. The summed E-state index contributed by atoms with van der Waals surface area (Å²) in [7, 11) is 7.19. The summed E-state index contributed by atoms with van der Waals surface area (Å²) in [6.45, 7) is 0. The number of aromatic nitrogens is 1. The molecule has 0 radical (unpaired) electrons. The molecule has 0 bridgehead atoms. The van der Waals surface area contributed by atoms with Crippen LogP contribution in [-0.2, 0) is 4.79 Å². The number of rotatable bonds is 7. The largest absolute Gasteiger partial charge is 0.497 e. The van der Waals surface area contributed by atoms with Crippen molar-refractivity contribution in [1.29, 1.82) is 0 Å². The number of benzene rings is 2. The Hall–Kier alpha value is -3.32. The Morgan fingerprint density at radius 1 is 1.10 bits per heavy atom. The molecular formula is C22H23N3O3S. The van der Waals surface area contributed by atoms with Crippen molar-refractivity contribution >= 4 is 34.1 Å². The summed E-state index contributed by atoms with van der Waals surface area (Å²) in [5, 5.41) is 5.19. The summed E-state index contributed by atoms with van der Waals surface area (Å²) in [4.78, 5) is 18.8. The maximum Gasteiger partial charge on any atom is 0.250 e. The normalized spacial score (nSPS) is 10.8. The van der Waals surface area contributed by atoms with Gasteiger partial charge in [-0.3, -0.25) is 10.1 Å². The third kappa shape index (κ3) is 5.14. The Labute approximate surface area is 174 Å². The van der Waals surface area contributed by atoms with Crippen molar-refractivity contribution in [3.05, 3.63) is 59.5 Å². The summed E-state index contributed by atoms with van der Waals surface area (Å²) in [5.41, 5.74) is 3.58. The maximum absolute atomic E-state index is 12.2. The number of ether oxygens (including phenoxy) is 2. The third-order valence-electron chi connectivity index (χ3n) is 4.25. The Morgan fingerprint density at radius 2 is 1.86 bits per heavy atom. The molecule has 1 heterocycles. The summed E-state index contributed by atoms with van der Waals surface area (Å²) < 4.78 is 10.7. The molecule has 6 nitrogen and oxygen atoms in total. The number of methoxy groups -OCH3 is 2. The van der Waals surface area contributed by atoms with Crippen LogP contribution in [0.25, 0.3) is 17.3 Å². The van der Waals surface area contributed by atoms with E-state index in [1.807, 2.05) is 66.8 Å². The zero-order valence-corrected chi connectivity index (χ0v) is 17.6. The lowest BCUT2D eigenvalue weighted by Crippen LogP contribution is -2.08. The average molecular weight is 410 g/mol. The molecule has 0 fully saturated rings. The molecule has 29 heavy (non-hydrogen) atoms. The van der Waals surface area contributed by atoms with Gasteiger partial charge in [0.05, 0.1) is 19.9 Å². The highest BCUT2D eigenvalue weighted by molar-refractivity contribution is 7.14. The summed E-state index contributed by atoms with van der Waals surface area (Å²) >= 11 is 1.35. The highest BCUT2D eigenvalue weighted by Gasteiger charge is 2.12. The number of carbonyl (C=O) groups is 1. The first kappa shape index (κ1) is 20.4. The average Bonchev–Trinajstić information content (AvgIpc) is 3.20. The van der Waals surface area contributed by atoms with Gasteiger partial charge in [0.1, 0.15) is 11.5 Å². The molecule has 3 aromatic rings. The van der Waals surface area contributed by atoms with E-state index in [1.54, 1.807) is 20.3 Å². The molecule has 0 atom stereocenters. The molecule has 150 valence electrons. The van der Waals surface area contributed by atoms with Gasteiger partial charge in [0.2, 0.25) is 5.91 Å². The van der Waals surface area contributed by atoms with Crippen molar-refractivity contribution in [1.82, 2.24) is 4.98 Å². The van der Waals surface area contributed by atoms with Gasteiger partial charge in [-0.25, -0.2) is 4.98 Å². The minimum atomic E-state index is -0.236. The molecule has 1 aromatic heterocycles. The highest BCUT2D eigenvalue weighted by atomic mass is 32.1. The van der Waals surface area contributed by atoms with E-state index in [0.29, 0.717) is 22.3 Å².